The van der Waals surface area contributed by atoms with Crippen molar-refractivity contribution < 1.29 is 24.5 Å². The van der Waals surface area contributed by atoms with Crippen LogP contribution in [0.25, 0.3) is 11.1 Å². The Hall–Kier alpha value is -3.55. The molecule has 7 heteroatoms. The molecule has 0 saturated heterocycles. The van der Waals surface area contributed by atoms with Crippen LogP contribution in [-0.2, 0) is 6.42 Å². The van der Waals surface area contributed by atoms with Crippen LogP contribution < -0.4 is 19.7 Å². The van der Waals surface area contributed by atoms with E-state index in [0.29, 0.717) is 13.1 Å². The number of ether oxygens (including phenoxy) is 2. The van der Waals surface area contributed by atoms with Gasteiger partial charge in [0.05, 0.1) is 5.56 Å². The smallest absolute Gasteiger partial charge is 0.335 e. The maximum atomic E-state index is 11.1. The first-order valence-electron chi connectivity index (χ1n) is 11.8. The number of carboxylic acids is 1. The highest BCUT2D eigenvalue weighted by molar-refractivity contribution is 5.88. The van der Waals surface area contributed by atoms with Crippen molar-refractivity contribution in [3.8, 4) is 22.6 Å². The number of benzene rings is 3. The molecule has 0 fully saturated rings. The predicted octanol–water partition coefficient (Wildman–Crippen LogP) is 3.84. The summed E-state index contributed by atoms with van der Waals surface area (Å²) in [5, 5.41) is 22.6. The molecule has 0 bridgehead atoms. The molecule has 7 nitrogen and oxygen atoms in total. The fourth-order valence-electron chi connectivity index (χ4n) is 4.08. The molecule has 2 atom stereocenters. The molecule has 0 aliphatic carbocycles. The van der Waals surface area contributed by atoms with E-state index in [1.165, 1.54) is 0 Å². The van der Waals surface area contributed by atoms with Crippen LogP contribution in [-0.4, -0.2) is 62.2 Å². The van der Waals surface area contributed by atoms with Gasteiger partial charge in [0.15, 0.2) is 0 Å². The first-order chi connectivity index (χ1) is 16.9. The molecule has 0 saturated carbocycles. The molecule has 4 rings (SSSR count). The van der Waals surface area contributed by atoms with Crippen molar-refractivity contribution >= 4 is 11.7 Å². The summed E-state index contributed by atoms with van der Waals surface area (Å²) in [5.74, 6) is 0.683. The molecule has 184 valence electrons. The quantitative estimate of drug-likeness (QED) is 0.410. The highest BCUT2D eigenvalue weighted by Crippen LogP contribution is 2.32. The molecular weight excluding hydrogens is 444 g/mol. The third-order valence-electron chi connectivity index (χ3n) is 6.10. The average molecular weight is 477 g/mol. The van der Waals surface area contributed by atoms with Gasteiger partial charge in [-0.15, -0.1) is 0 Å². The zero-order chi connectivity index (χ0) is 24.8. The Kier molecular flexibility index (Phi) is 7.90. The van der Waals surface area contributed by atoms with E-state index >= 15 is 0 Å². The molecule has 3 aromatic rings. The summed E-state index contributed by atoms with van der Waals surface area (Å²) in [7, 11) is 3.98. The summed E-state index contributed by atoms with van der Waals surface area (Å²) in [6, 6.07) is 20.8. The Morgan fingerprint density at radius 2 is 1.80 bits per heavy atom. The number of nitrogens with zero attached hydrogens (tertiary/aromatic N) is 1. The van der Waals surface area contributed by atoms with Gasteiger partial charge in [-0.1, -0.05) is 18.2 Å². The van der Waals surface area contributed by atoms with E-state index < -0.39 is 12.1 Å². The van der Waals surface area contributed by atoms with Gasteiger partial charge in [0.2, 0.25) is 0 Å². The number of anilines is 1. The standard InChI is InChI=1S/C28H32N2O5/c1-30(2)23-9-12-25(13-10-23)34-18-24(31)16-29-17-26-11-7-22-15-21(8-14-27(22)35-26)19-3-5-20(6-4-19)28(32)33/h3-6,8-10,12-15,24,26,29,31H,7,11,16-18H2,1-2H3,(H,32,33)/t24-,26+/m0/s1. The molecule has 1 aliphatic heterocycles. The first kappa shape index (κ1) is 24.6. The molecule has 0 radical (unpaired) electrons. The number of carbonyl (C=O) groups is 1. The van der Waals surface area contributed by atoms with Gasteiger partial charge in [-0.2, -0.15) is 0 Å². The lowest BCUT2D eigenvalue weighted by Crippen LogP contribution is -2.39. The Morgan fingerprint density at radius 3 is 2.49 bits per heavy atom. The second-order valence-electron chi connectivity index (χ2n) is 8.99. The van der Waals surface area contributed by atoms with Crippen molar-refractivity contribution in [3.05, 3.63) is 77.9 Å². The highest BCUT2D eigenvalue weighted by Gasteiger charge is 2.20. The number of aromatic carboxylic acids is 1. The van der Waals surface area contributed by atoms with Gasteiger partial charge in [0.1, 0.15) is 30.3 Å². The molecule has 35 heavy (non-hydrogen) atoms. The Balaban J connectivity index is 1.22. The maximum Gasteiger partial charge on any atom is 0.335 e. The van der Waals surface area contributed by atoms with Crippen LogP contribution in [0.5, 0.6) is 11.5 Å². The van der Waals surface area contributed by atoms with Crippen LogP contribution in [0.4, 0.5) is 5.69 Å². The molecular formula is C28H32N2O5. The number of fused-ring (bicyclic) bond motifs is 1. The second-order valence-corrected chi connectivity index (χ2v) is 8.99. The number of nitrogens with one attached hydrogen (secondary N) is 1. The third kappa shape index (κ3) is 6.53. The van der Waals surface area contributed by atoms with Crippen molar-refractivity contribution in [2.45, 2.75) is 25.0 Å². The summed E-state index contributed by atoms with van der Waals surface area (Å²) in [6.45, 7) is 1.29. The Bertz CT molecular complexity index is 1130. The van der Waals surface area contributed by atoms with Crippen molar-refractivity contribution in [2.24, 2.45) is 0 Å². The molecule has 3 N–H and O–H groups in total. The molecule has 0 aromatic heterocycles. The van der Waals surface area contributed by atoms with Gasteiger partial charge in [-0.05, 0) is 78.1 Å². The number of hydrogen-bond donors (Lipinski definition) is 3. The number of aliphatic hydroxyl groups excluding tert-OH is 1. The number of carboxylic acid groups (broad SMARTS) is 1. The third-order valence-corrected chi connectivity index (χ3v) is 6.10. The molecule has 0 unspecified atom stereocenters. The highest BCUT2D eigenvalue weighted by atomic mass is 16.5. The van der Waals surface area contributed by atoms with Crippen molar-refractivity contribution in [1.29, 1.82) is 0 Å². The molecule has 1 heterocycles. The van der Waals surface area contributed by atoms with Crippen LogP contribution in [0.1, 0.15) is 22.3 Å². The largest absolute Gasteiger partial charge is 0.491 e. The van der Waals surface area contributed by atoms with Crippen LogP contribution >= 0.6 is 0 Å². The predicted molar refractivity (Wildman–Crippen MR) is 137 cm³/mol. The molecule has 1 aliphatic rings. The molecule has 0 amide bonds. The van der Waals surface area contributed by atoms with Crippen LogP contribution in [0.15, 0.2) is 66.7 Å². The van der Waals surface area contributed by atoms with Gasteiger partial charge in [0.25, 0.3) is 0 Å². The van der Waals surface area contributed by atoms with Crippen LogP contribution in [0.2, 0.25) is 0 Å². The summed E-state index contributed by atoms with van der Waals surface area (Å²) in [6.07, 6.45) is 1.20. The van der Waals surface area contributed by atoms with E-state index in [-0.39, 0.29) is 18.3 Å². The average Bonchev–Trinajstić information content (AvgIpc) is 2.87. The lowest BCUT2D eigenvalue weighted by Gasteiger charge is -2.27. The fraction of sp³-hybridized carbons (Fsp3) is 0.321. The zero-order valence-electron chi connectivity index (χ0n) is 20.1. The van der Waals surface area contributed by atoms with E-state index in [4.69, 9.17) is 14.6 Å². The summed E-state index contributed by atoms with van der Waals surface area (Å²) >= 11 is 0. The van der Waals surface area contributed by atoms with E-state index in [9.17, 15) is 9.90 Å². The van der Waals surface area contributed by atoms with Gasteiger partial charge < -0.3 is 29.9 Å². The normalized spacial score (nSPS) is 15.6. The van der Waals surface area contributed by atoms with Crippen molar-refractivity contribution in [1.82, 2.24) is 5.32 Å². The number of hydrogen-bond acceptors (Lipinski definition) is 6. The zero-order valence-corrected chi connectivity index (χ0v) is 20.1. The van der Waals surface area contributed by atoms with Gasteiger partial charge in [0, 0.05) is 32.9 Å². The monoisotopic (exact) mass is 476 g/mol. The Labute approximate surface area is 205 Å². The molecule has 3 aromatic carbocycles. The number of rotatable bonds is 10. The lowest BCUT2D eigenvalue weighted by atomic mass is 9.96. The van der Waals surface area contributed by atoms with E-state index in [1.807, 2.05) is 67.5 Å². The Morgan fingerprint density at radius 1 is 1.09 bits per heavy atom. The van der Waals surface area contributed by atoms with E-state index in [2.05, 4.69) is 11.4 Å². The minimum absolute atomic E-state index is 0.0369. The lowest BCUT2D eigenvalue weighted by molar-refractivity contribution is 0.0697. The topological polar surface area (TPSA) is 91.3 Å². The summed E-state index contributed by atoms with van der Waals surface area (Å²) in [4.78, 5) is 13.1. The van der Waals surface area contributed by atoms with Crippen molar-refractivity contribution in [3.63, 3.8) is 0 Å². The van der Waals surface area contributed by atoms with E-state index in [0.717, 1.165) is 46.7 Å². The second kappa shape index (κ2) is 11.3. The van der Waals surface area contributed by atoms with Crippen LogP contribution in [0, 0.1) is 0 Å². The SMILES string of the molecule is CN(C)c1ccc(OC[C@@H](O)CNC[C@H]2CCc3cc(-c4ccc(C(=O)O)cc4)ccc3O2)cc1. The summed E-state index contributed by atoms with van der Waals surface area (Å²) < 4.78 is 11.8. The van der Waals surface area contributed by atoms with Crippen LogP contribution in [0.3, 0.4) is 0 Å². The summed E-state index contributed by atoms with van der Waals surface area (Å²) in [5.41, 5.74) is 4.54. The van der Waals surface area contributed by atoms with E-state index in [1.54, 1.807) is 12.1 Å². The van der Waals surface area contributed by atoms with Gasteiger partial charge >= 0.3 is 5.97 Å². The molecule has 0 spiro atoms. The van der Waals surface area contributed by atoms with Crippen molar-refractivity contribution in [2.75, 3.05) is 38.7 Å². The van der Waals surface area contributed by atoms with Gasteiger partial charge in [-0.3, -0.25) is 0 Å². The minimum atomic E-state index is -0.926. The minimum Gasteiger partial charge on any atom is -0.491 e. The number of aryl methyl sites for hydroxylation is 1. The first-order valence-corrected chi connectivity index (χ1v) is 11.8. The maximum absolute atomic E-state index is 11.1. The van der Waals surface area contributed by atoms with Gasteiger partial charge in [-0.25, -0.2) is 4.79 Å². The fourth-order valence-corrected chi connectivity index (χ4v) is 4.08. The number of aliphatic hydroxyl groups is 1.